The van der Waals surface area contributed by atoms with Gasteiger partial charge in [-0.1, -0.05) is 12.1 Å². The minimum Gasteiger partial charge on any atom is -0.381 e. The largest absolute Gasteiger partial charge is 0.381 e. The van der Waals surface area contributed by atoms with Gasteiger partial charge in [0, 0.05) is 53.3 Å². The average Bonchev–Trinajstić information content (AvgIpc) is 2.59. The zero-order chi connectivity index (χ0) is 16.5. The molecule has 0 amide bonds. The fourth-order valence-electron chi connectivity index (χ4n) is 2.68. The molecular formula is C17H27FIN3O2. The summed E-state index contributed by atoms with van der Waals surface area (Å²) in [6.45, 7) is 2.82. The lowest BCUT2D eigenvalue weighted by atomic mass is 9.94. The molecule has 136 valence electrons. The molecule has 0 bridgehead atoms. The van der Waals surface area contributed by atoms with Crippen LogP contribution < -0.4 is 10.6 Å². The van der Waals surface area contributed by atoms with Crippen molar-refractivity contribution in [3.63, 3.8) is 0 Å². The predicted octanol–water partition coefficient (Wildman–Crippen LogP) is 2.35. The third kappa shape index (κ3) is 6.52. The summed E-state index contributed by atoms with van der Waals surface area (Å²) in [6.07, 6.45) is 2.48. The highest BCUT2D eigenvalue weighted by Gasteiger charge is 2.32. The van der Waals surface area contributed by atoms with Gasteiger partial charge in [-0.25, -0.2) is 4.39 Å². The number of rotatable bonds is 6. The Morgan fingerprint density at radius 2 is 2.08 bits per heavy atom. The molecule has 1 saturated heterocycles. The van der Waals surface area contributed by atoms with E-state index in [0.717, 1.165) is 44.0 Å². The van der Waals surface area contributed by atoms with Crippen molar-refractivity contribution in [1.29, 1.82) is 0 Å². The number of halogens is 2. The second-order valence-electron chi connectivity index (χ2n) is 5.73. The van der Waals surface area contributed by atoms with Crippen molar-refractivity contribution in [1.82, 2.24) is 10.6 Å². The fourth-order valence-corrected chi connectivity index (χ4v) is 2.68. The number of guanidine groups is 1. The first-order valence-corrected chi connectivity index (χ1v) is 7.99. The molecule has 1 aliphatic heterocycles. The van der Waals surface area contributed by atoms with Crippen molar-refractivity contribution in [3.8, 4) is 0 Å². The molecule has 0 unspecified atom stereocenters. The van der Waals surface area contributed by atoms with E-state index in [-0.39, 0.29) is 35.4 Å². The van der Waals surface area contributed by atoms with Crippen LogP contribution in [0.5, 0.6) is 0 Å². The van der Waals surface area contributed by atoms with E-state index in [4.69, 9.17) is 9.47 Å². The minimum absolute atomic E-state index is 0. The zero-order valence-corrected chi connectivity index (χ0v) is 16.6. The molecule has 2 N–H and O–H groups in total. The van der Waals surface area contributed by atoms with Crippen LogP contribution in [0.3, 0.4) is 0 Å². The van der Waals surface area contributed by atoms with Crippen molar-refractivity contribution in [2.45, 2.75) is 24.9 Å². The molecular weight excluding hydrogens is 424 g/mol. The summed E-state index contributed by atoms with van der Waals surface area (Å²) in [6, 6.07) is 6.66. The molecule has 7 heteroatoms. The van der Waals surface area contributed by atoms with Gasteiger partial charge >= 0.3 is 0 Å². The average molecular weight is 451 g/mol. The first kappa shape index (κ1) is 21.1. The maximum Gasteiger partial charge on any atom is 0.191 e. The number of nitrogens with one attached hydrogen (secondary N) is 2. The zero-order valence-electron chi connectivity index (χ0n) is 14.3. The molecule has 1 heterocycles. The van der Waals surface area contributed by atoms with Gasteiger partial charge in [0.1, 0.15) is 5.82 Å². The lowest BCUT2D eigenvalue weighted by molar-refractivity contribution is -0.0855. The van der Waals surface area contributed by atoms with Crippen LogP contribution in [0.2, 0.25) is 0 Å². The number of aliphatic imine (C=N–C) groups is 1. The highest BCUT2D eigenvalue weighted by atomic mass is 127. The third-order valence-corrected chi connectivity index (χ3v) is 4.23. The Kier molecular flexibility index (Phi) is 9.53. The van der Waals surface area contributed by atoms with Crippen LogP contribution in [0.1, 0.15) is 18.4 Å². The van der Waals surface area contributed by atoms with E-state index in [0.29, 0.717) is 13.1 Å². The smallest absolute Gasteiger partial charge is 0.191 e. The molecule has 24 heavy (non-hydrogen) atoms. The molecule has 5 nitrogen and oxygen atoms in total. The second-order valence-corrected chi connectivity index (χ2v) is 5.73. The van der Waals surface area contributed by atoms with Crippen LogP contribution in [0, 0.1) is 5.82 Å². The number of nitrogens with zero attached hydrogens (tertiary/aromatic N) is 1. The van der Waals surface area contributed by atoms with E-state index < -0.39 is 0 Å². The van der Waals surface area contributed by atoms with Gasteiger partial charge in [-0.05, 0) is 24.1 Å². The third-order valence-electron chi connectivity index (χ3n) is 4.23. The summed E-state index contributed by atoms with van der Waals surface area (Å²) in [7, 11) is 3.48. The van der Waals surface area contributed by atoms with E-state index in [1.54, 1.807) is 26.3 Å². The van der Waals surface area contributed by atoms with Gasteiger partial charge in [-0.2, -0.15) is 0 Å². The minimum atomic E-state index is -0.202. The Morgan fingerprint density at radius 1 is 1.33 bits per heavy atom. The Hall–Kier alpha value is -0.930. The Balaban J connectivity index is 0.00000288. The molecule has 0 aliphatic carbocycles. The molecule has 1 aromatic carbocycles. The highest BCUT2D eigenvalue weighted by molar-refractivity contribution is 14.0. The molecule has 0 spiro atoms. The van der Waals surface area contributed by atoms with Crippen LogP contribution in [0.25, 0.3) is 0 Å². The van der Waals surface area contributed by atoms with E-state index >= 15 is 0 Å². The summed E-state index contributed by atoms with van der Waals surface area (Å²) in [5.74, 6) is 0.524. The Bertz CT molecular complexity index is 522. The van der Waals surface area contributed by atoms with Gasteiger partial charge in [0.2, 0.25) is 0 Å². The summed E-state index contributed by atoms with van der Waals surface area (Å²) < 4.78 is 24.2. The molecule has 1 fully saturated rings. The number of methoxy groups -OCH3 is 1. The lowest BCUT2D eigenvalue weighted by Gasteiger charge is -2.36. The van der Waals surface area contributed by atoms with Crippen molar-refractivity contribution in [2.75, 3.05) is 40.5 Å². The van der Waals surface area contributed by atoms with Gasteiger partial charge in [0.15, 0.2) is 5.96 Å². The molecule has 1 aromatic rings. The van der Waals surface area contributed by atoms with Crippen molar-refractivity contribution >= 4 is 29.9 Å². The van der Waals surface area contributed by atoms with Gasteiger partial charge in [-0.15, -0.1) is 24.0 Å². The quantitative estimate of drug-likeness (QED) is 0.396. The monoisotopic (exact) mass is 451 g/mol. The molecule has 2 rings (SSSR count). The summed E-state index contributed by atoms with van der Waals surface area (Å²) in [4.78, 5) is 4.22. The molecule has 0 saturated carbocycles. The molecule has 0 atom stereocenters. The summed E-state index contributed by atoms with van der Waals surface area (Å²) in [5.41, 5.74) is 0.768. The lowest BCUT2D eigenvalue weighted by Crippen LogP contribution is -2.51. The maximum absolute atomic E-state index is 13.1. The van der Waals surface area contributed by atoms with Crippen LogP contribution in [0.4, 0.5) is 4.39 Å². The van der Waals surface area contributed by atoms with E-state index in [1.165, 1.54) is 6.07 Å². The number of hydrogen-bond acceptors (Lipinski definition) is 3. The fraction of sp³-hybridized carbons (Fsp3) is 0.588. The van der Waals surface area contributed by atoms with Crippen molar-refractivity contribution in [3.05, 3.63) is 35.6 Å². The number of benzene rings is 1. The number of hydrogen-bond donors (Lipinski definition) is 2. The topological polar surface area (TPSA) is 54.9 Å². The van der Waals surface area contributed by atoms with E-state index in [2.05, 4.69) is 15.6 Å². The summed E-state index contributed by atoms with van der Waals surface area (Å²) >= 11 is 0. The van der Waals surface area contributed by atoms with Crippen molar-refractivity contribution < 1.29 is 13.9 Å². The molecule has 0 radical (unpaired) electrons. The highest BCUT2D eigenvalue weighted by Crippen LogP contribution is 2.23. The van der Waals surface area contributed by atoms with Crippen LogP contribution in [-0.2, 0) is 15.9 Å². The standard InChI is InChI=1S/C17H26FN3O2.HI/c1-19-16(20-9-6-14-4-3-5-15(18)12-14)21-13-17(22-2)7-10-23-11-8-17;/h3-5,12H,6-11,13H2,1-2H3,(H2,19,20,21);1H. The van der Waals surface area contributed by atoms with Gasteiger partial charge in [0.05, 0.1) is 5.60 Å². The van der Waals surface area contributed by atoms with Gasteiger partial charge < -0.3 is 20.1 Å². The van der Waals surface area contributed by atoms with Crippen LogP contribution in [0.15, 0.2) is 29.3 Å². The van der Waals surface area contributed by atoms with Crippen molar-refractivity contribution in [2.24, 2.45) is 4.99 Å². The van der Waals surface area contributed by atoms with Crippen LogP contribution in [-0.4, -0.2) is 52.0 Å². The van der Waals surface area contributed by atoms with Gasteiger partial charge in [-0.3, -0.25) is 4.99 Å². The van der Waals surface area contributed by atoms with E-state index in [1.807, 2.05) is 6.07 Å². The Morgan fingerprint density at radius 3 is 2.71 bits per heavy atom. The maximum atomic E-state index is 13.1. The second kappa shape index (κ2) is 10.8. The first-order chi connectivity index (χ1) is 11.2. The number of ether oxygens (including phenoxy) is 2. The van der Waals surface area contributed by atoms with Crippen LogP contribution >= 0.6 is 24.0 Å². The summed E-state index contributed by atoms with van der Waals surface area (Å²) in [5, 5.41) is 6.56. The predicted molar refractivity (Wildman–Crippen MR) is 105 cm³/mol. The Labute approximate surface area is 160 Å². The molecule has 1 aliphatic rings. The van der Waals surface area contributed by atoms with Gasteiger partial charge in [0.25, 0.3) is 0 Å². The first-order valence-electron chi connectivity index (χ1n) is 7.99. The molecule has 0 aromatic heterocycles. The normalized spacial score (nSPS) is 17.0. The SMILES string of the molecule is CN=C(NCCc1cccc(F)c1)NCC1(OC)CCOCC1.I. The van der Waals surface area contributed by atoms with E-state index in [9.17, 15) is 4.39 Å².